The lowest BCUT2D eigenvalue weighted by Crippen LogP contribution is -2.11. The van der Waals surface area contributed by atoms with Crippen molar-refractivity contribution in [3.05, 3.63) is 35.7 Å². The van der Waals surface area contributed by atoms with Gasteiger partial charge in [-0.25, -0.2) is 4.39 Å². The average Bonchev–Trinajstić information content (AvgIpc) is 2.43. The standard InChI is InChI=1S/C14H20FNO2/c1-4-12(11(8-15)9-16)10-5-6-13(17-2)14(7-10)18-3/h5-8,12H,4,9,16H2,1-3H3. The summed E-state index contributed by atoms with van der Waals surface area (Å²) in [5.41, 5.74) is 7.12. The van der Waals surface area contributed by atoms with E-state index in [4.69, 9.17) is 15.2 Å². The summed E-state index contributed by atoms with van der Waals surface area (Å²) in [5.74, 6) is 1.28. The molecule has 1 aromatic rings. The van der Waals surface area contributed by atoms with Crippen molar-refractivity contribution < 1.29 is 13.9 Å². The van der Waals surface area contributed by atoms with Gasteiger partial charge in [0.2, 0.25) is 0 Å². The molecule has 2 N–H and O–H groups in total. The quantitative estimate of drug-likeness (QED) is 0.847. The smallest absolute Gasteiger partial charge is 0.161 e. The largest absolute Gasteiger partial charge is 0.493 e. The molecular weight excluding hydrogens is 233 g/mol. The Morgan fingerprint density at radius 2 is 2.00 bits per heavy atom. The highest BCUT2D eigenvalue weighted by molar-refractivity contribution is 5.45. The van der Waals surface area contributed by atoms with E-state index in [0.29, 0.717) is 23.4 Å². The number of ether oxygens (including phenoxy) is 2. The van der Waals surface area contributed by atoms with Crippen LogP contribution in [0.1, 0.15) is 24.8 Å². The molecule has 0 heterocycles. The molecule has 1 rings (SSSR count). The van der Waals surface area contributed by atoms with Gasteiger partial charge in [0.1, 0.15) is 0 Å². The van der Waals surface area contributed by atoms with Crippen LogP contribution in [0.15, 0.2) is 30.1 Å². The molecule has 100 valence electrons. The van der Waals surface area contributed by atoms with Crippen LogP contribution < -0.4 is 15.2 Å². The number of benzene rings is 1. The molecule has 1 atom stereocenters. The van der Waals surface area contributed by atoms with Gasteiger partial charge in [-0.3, -0.25) is 0 Å². The van der Waals surface area contributed by atoms with Crippen LogP contribution in [0.25, 0.3) is 0 Å². The van der Waals surface area contributed by atoms with E-state index in [0.717, 1.165) is 12.0 Å². The van der Waals surface area contributed by atoms with E-state index >= 15 is 0 Å². The van der Waals surface area contributed by atoms with Gasteiger partial charge in [0, 0.05) is 12.5 Å². The molecule has 0 fully saturated rings. The number of hydrogen-bond acceptors (Lipinski definition) is 3. The molecule has 0 aliphatic carbocycles. The fourth-order valence-electron chi connectivity index (χ4n) is 2.04. The van der Waals surface area contributed by atoms with Crippen LogP contribution in [-0.4, -0.2) is 20.8 Å². The van der Waals surface area contributed by atoms with E-state index in [9.17, 15) is 4.39 Å². The minimum atomic E-state index is -0.0280. The summed E-state index contributed by atoms with van der Waals surface area (Å²) >= 11 is 0. The van der Waals surface area contributed by atoms with Gasteiger partial charge in [0.15, 0.2) is 11.5 Å². The van der Waals surface area contributed by atoms with E-state index in [2.05, 4.69) is 0 Å². The number of hydrogen-bond donors (Lipinski definition) is 1. The Morgan fingerprint density at radius 1 is 1.33 bits per heavy atom. The first-order valence-corrected chi connectivity index (χ1v) is 5.92. The summed E-state index contributed by atoms with van der Waals surface area (Å²) in [6.45, 7) is 2.21. The van der Waals surface area contributed by atoms with Gasteiger partial charge in [0.25, 0.3) is 0 Å². The maximum absolute atomic E-state index is 12.8. The van der Waals surface area contributed by atoms with Crippen molar-refractivity contribution >= 4 is 0 Å². The molecule has 0 amide bonds. The number of rotatable bonds is 6. The minimum absolute atomic E-state index is 0.0280. The number of methoxy groups -OCH3 is 2. The lowest BCUT2D eigenvalue weighted by molar-refractivity contribution is 0.354. The zero-order valence-electron chi connectivity index (χ0n) is 11.1. The summed E-state index contributed by atoms with van der Waals surface area (Å²) in [7, 11) is 3.17. The van der Waals surface area contributed by atoms with Crippen LogP contribution in [0.2, 0.25) is 0 Å². The fraction of sp³-hybridized carbons (Fsp3) is 0.429. The fourth-order valence-corrected chi connectivity index (χ4v) is 2.04. The Bertz CT molecular complexity index is 418. The molecule has 0 saturated carbocycles. The summed E-state index contributed by atoms with van der Waals surface area (Å²) < 4.78 is 23.2. The van der Waals surface area contributed by atoms with Gasteiger partial charge in [-0.15, -0.1) is 0 Å². The Hall–Kier alpha value is -1.55. The third kappa shape index (κ3) is 3.01. The maximum Gasteiger partial charge on any atom is 0.161 e. The van der Waals surface area contributed by atoms with Gasteiger partial charge in [-0.2, -0.15) is 0 Å². The van der Waals surface area contributed by atoms with Crippen LogP contribution >= 0.6 is 0 Å². The molecule has 1 aromatic carbocycles. The van der Waals surface area contributed by atoms with Crippen LogP contribution in [0.3, 0.4) is 0 Å². The predicted molar refractivity (Wildman–Crippen MR) is 70.8 cm³/mol. The lowest BCUT2D eigenvalue weighted by atomic mass is 9.89. The van der Waals surface area contributed by atoms with Gasteiger partial charge < -0.3 is 15.2 Å². The number of halogens is 1. The second-order valence-electron chi connectivity index (χ2n) is 3.96. The minimum Gasteiger partial charge on any atom is -0.493 e. The first-order chi connectivity index (χ1) is 8.71. The second-order valence-corrected chi connectivity index (χ2v) is 3.96. The van der Waals surface area contributed by atoms with Crippen molar-refractivity contribution in [2.45, 2.75) is 19.3 Å². The Labute approximate surface area is 107 Å². The molecule has 0 spiro atoms. The molecule has 1 unspecified atom stereocenters. The van der Waals surface area contributed by atoms with Crippen molar-refractivity contribution in [3.8, 4) is 11.5 Å². The number of nitrogens with two attached hydrogens (primary N) is 1. The Kier molecular flexibility index (Phi) is 5.65. The summed E-state index contributed by atoms with van der Waals surface area (Å²) in [6, 6.07) is 5.60. The SMILES string of the molecule is CCC(C(=CF)CN)c1ccc(OC)c(OC)c1. The molecule has 4 heteroatoms. The van der Waals surface area contributed by atoms with Gasteiger partial charge in [-0.05, 0) is 29.7 Å². The molecule has 0 aliphatic rings. The molecule has 0 aliphatic heterocycles. The van der Waals surface area contributed by atoms with Crippen molar-refractivity contribution in [1.82, 2.24) is 0 Å². The van der Waals surface area contributed by atoms with E-state index < -0.39 is 0 Å². The maximum atomic E-state index is 12.8. The van der Waals surface area contributed by atoms with Crippen molar-refractivity contribution in [3.63, 3.8) is 0 Å². The highest BCUT2D eigenvalue weighted by Gasteiger charge is 2.16. The third-order valence-corrected chi connectivity index (χ3v) is 3.04. The Balaban J connectivity index is 3.14. The van der Waals surface area contributed by atoms with Crippen molar-refractivity contribution in [2.75, 3.05) is 20.8 Å². The zero-order chi connectivity index (χ0) is 13.5. The van der Waals surface area contributed by atoms with Crippen molar-refractivity contribution in [2.24, 2.45) is 5.73 Å². The zero-order valence-corrected chi connectivity index (χ0v) is 11.1. The van der Waals surface area contributed by atoms with Crippen molar-refractivity contribution in [1.29, 1.82) is 0 Å². The Morgan fingerprint density at radius 3 is 2.44 bits per heavy atom. The molecule has 0 bridgehead atoms. The van der Waals surface area contributed by atoms with Crippen LogP contribution in [-0.2, 0) is 0 Å². The highest BCUT2D eigenvalue weighted by Crippen LogP contribution is 2.34. The molecular formula is C14H20FNO2. The van der Waals surface area contributed by atoms with Crippen LogP contribution in [0.5, 0.6) is 11.5 Å². The lowest BCUT2D eigenvalue weighted by Gasteiger charge is -2.19. The summed E-state index contributed by atoms with van der Waals surface area (Å²) in [4.78, 5) is 0. The second kappa shape index (κ2) is 7.01. The molecule has 0 radical (unpaired) electrons. The van der Waals surface area contributed by atoms with Gasteiger partial charge >= 0.3 is 0 Å². The average molecular weight is 253 g/mol. The molecule has 0 saturated heterocycles. The molecule has 3 nitrogen and oxygen atoms in total. The monoisotopic (exact) mass is 253 g/mol. The summed E-state index contributed by atoms with van der Waals surface area (Å²) in [6.07, 6.45) is 1.38. The van der Waals surface area contributed by atoms with Crippen LogP contribution in [0.4, 0.5) is 4.39 Å². The third-order valence-electron chi connectivity index (χ3n) is 3.04. The van der Waals surface area contributed by atoms with Gasteiger partial charge in [-0.1, -0.05) is 13.0 Å². The predicted octanol–water partition coefficient (Wildman–Crippen LogP) is 3.01. The van der Waals surface area contributed by atoms with E-state index in [1.807, 2.05) is 25.1 Å². The first kappa shape index (κ1) is 14.5. The topological polar surface area (TPSA) is 44.5 Å². The normalized spacial score (nSPS) is 13.3. The van der Waals surface area contributed by atoms with E-state index in [1.54, 1.807) is 14.2 Å². The van der Waals surface area contributed by atoms with Crippen LogP contribution in [0, 0.1) is 0 Å². The molecule has 18 heavy (non-hydrogen) atoms. The first-order valence-electron chi connectivity index (χ1n) is 5.92. The van der Waals surface area contributed by atoms with E-state index in [1.165, 1.54) is 0 Å². The van der Waals surface area contributed by atoms with E-state index in [-0.39, 0.29) is 12.5 Å². The summed E-state index contributed by atoms with van der Waals surface area (Å²) in [5, 5.41) is 0. The van der Waals surface area contributed by atoms with Gasteiger partial charge in [0.05, 0.1) is 20.5 Å². The molecule has 0 aromatic heterocycles. The highest BCUT2D eigenvalue weighted by atomic mass is 19.1.